The van der Waals surface area contributed by atoms with Crippen molar-refractivity contribution < 1.29 is 22.3 Å². The van der Waals surface area contributed by atoms with Gasteiger partial charge >= 0.3 is 10.4 Å². The molecule has 0 aliphatic heterocycles. The zero-order valence-electron chi connectivity index (χ0n) is 7.38. The van der Waals surface area contributed by atoms with Crippen LogP contribution in [0.25, 0.3) is 0 Å². The van der Waals surface area contributed by atoms with E-state index in [-0.39, 0.29) is 12.7 Å². The molecule has 0 aliphatic carbocycles. The predicted octanol–water partition coefficient (Wildman–Crippen LogP) is -0.682. The van der Waals surface area contributed by atoms with Crippen molar-refractivity contribution in [2.45, 2.75) is 13.0 Å². The Labute approximate surface area is 78.0 Å². The van der Waals surface area contributed by atoms with E-state index in [0.29, 0.717) is 6.54 Å². The molecule has 0 aromatic heterocycles. The summed E-state index contributed by atoms with van der Waals surface area (Å²) in [4.78, 5) is 0. The van der Waals surface area contributed by atoms with Crippen LogP contribution in [0.3, 0.4) is 0 Å². The molecule has 0 fully saturated rings. The van der Waals surface area contributed by atoms with Crippen LogP contribution in [-0.4, -0.2) is 37.3 Å². The smallest absolute Gasteiger partial charge is 0.392 e. The molecule has 0 rings (SSSR count). The molecule has 0 aromatic carbocycles. The highest BCUT2D eigenvalue weighted by atomic mass is 32.3. The highest BCUT2D eigenvalue weighted by Crippen LogP contribution is 1.83. The lowest BCUT2D eigenvalue weighted by molar-refractivity contribution is 0.203. The second kappa shape index (κ2) is 8.14. The molecule has 0 bridgehead atoms. The topological polar surface area (TPSA) is 110 Å². The molecular weight excluding hydrogens is 198 g/mol. The third-order valence-electron chi connectivity index (χ3n) is 0.676. The molecule has 1 unspecified atom stereocenters. The Bertz CT molecular complexity index is 211. The SMILES string of the molecule is C=CCOS(=O)(=O)O.CC(O)CN. The van der Waals surface area contributed by atoms with E-state index < -0.39 is 10.4 Å². The zero-order chi connectivity index (χ0) is 10.9. The fourth-order valence-corrected chi connectivity index (χ4v) is 0.402. The zero-order valence-corrected chi connectivity index (χ0v) is 8.20. The summed E-state index contributed by atoms with van der Waals surface area (Å²) in [6.45, 7) is 4.98. The Balaban J connectivity index is 0. The van der Waals surface area contributed by atoms with Gasteiger partial charge in [0, 0.05) is 6.54 Å². The van der Waals surface area contributed by atoms with Gasteiger partial charge in [-0.1, -0.05) is 6.08 Å². The third kappa shape index (κ3) is 24.6. The quantitative estimate of drug-likeness (QED) is 0.421. The minimum atomic E-state index is -4.26. The van der Waals surface area contributed by atoms with Crippen molar-refractivity contribution in [3.05, 3.63) is 12.7 Å². The first-order valence-electron chi connectivity index (χ1n) is 3.44. The summed E-state index contributed by atoms with van der Waals surface area (Å²) in [5.41, 5.74) is 4.92. The van der Waals surface area contributed by atoms with E-state index in [1.54, 1.807) is 6.92 Å². The predicted molar refractivity (Wildman–Crippen MR) is 48.4 cm³/mol. The molecule has 0 heterocycles. The Kier molecular flexibility index (Phi) is 9.41. The van der Waals surface area contributed by atoms with Crippen molar-refractivity contribution >= 4 is 10.4 Å². The maximum absolute atomic E-state index is 9.68. The average molecular weight is 213 g/mol. The van der Waals surface area contributed by atoms with E-state index in [0.717, 1.165) is 0 Å². The lowest BCUT2D eigenvalue weighted by Crippen LogP contribution is -2.14. The van der Waals surface area contributed by atoms with Crippen LogP contribution in [-0.2, 0) is 14.6 Å². The van der Waals surface area contributed by atoms with Crippen LogP contribution in [0.15, 0.2) is 12.7 Å². The van der Waals surface area contributed by atoms with Crippen LogP contribution in [0.5, 0.6) is 0 Å². The van der Waals surface area contributed by atoms with Crippen molar-refractivity contribution in [3.8, 4) is 0 Å². The number of aliphatic hydroxyl groups excluding tert-OH is 1. The standard InChI is InChI=1S/C3H9NO.C3H6O4S/c1-3(5)2-4;1-2-3-7-8(4,5)6/h3,5H,2,4H2,1H3;2H,1,3H2,(H,4,5,6). The maximum atomic E-state index is 9.68. The lowest BCUT2D eigenvalue weighted by atomic mass is 10.4. The summed E-state index contributed by atoms with van der Waals surface area (Å²) in [7, 11) is -4.26. The molecule has 1 atom stereocenters. The normalized spacial score (nSPS) is 12.6. The summed E-state index contributed by atoms with van der Waals surface area (Å²) in [6.07, 6.45) is 0.878. The van der Waals surface area contributed by atoms with Crippen molar-refractivity contribution in [3.63, 3.8) is 0 Å². The van der Waals surface area contributed by atoms with Gasteiger partial charge in [-0.2, -0.15) is 8.42 Å². The van der Waals surface area contributed by atoms with E-state index in [4.69, 9.17) is 15.4 Å². The van der Waals surface area contributed by atoms with E-state index in [1.807, 2.05) is 0 Å². The second-order valence-electron chi connectivity index (χ2n) is 2.09. The molecule has 7 heteroatoms. The number of hydrogen-bond donors (Lipinski definition) is 3. The van der Waals surface area contributed by atoms with Crippen LogP contribution >= 0.6 is 0 Å². The van der Waals surface area contributed by atoms with E-state index in [9.17, 15) is 8.42 Å². The summed E-state index contributed by atoms with van der Waals surface area (Å²) in [5, 5.41) is 8.24. The first kappa shape index (κ1) is 15.0. The molecule has 6 nitrogen and oxygen atoms in total. The van der Waals surface area contributed by atoms with Gasteiger partial charge in [0.2, 0.25) is 0 Å². The van der Waals surface area contributed by atoms with Gasteiger partial charge in [0.15, 0.2) is 0 Å². The molecular formula is C6H15NO5S. The molecule has 0 saturated carbocycles. The van der Waals surface area contributed by atoms with Gasteiger partial charge in [0.05, 0.1) is 12.7 Å². The van der Waals surface area contributed by atoms with Crippen molar-refractivity contribution in [1.29, 1.82) is 0 Å². The molecule has 0 spiro atoms. The van der Waals surface area contributed by atoms with Crippen molar-refractivity contribution in [1.82, 2.24) is 0 Å². The summed E-state index contributed by atoms with van der Waals surface area (Å²) >= 11 is 0. The Hall–Kier alpha value is -0.470. The van der Waals surface area contributed by atoms with E-state index in [2.05, 4.69) is 10.8 Å². The van der Waals surface area contributed by atoms with Crippen LogP contribution < -0.4 is 5.73 Å². The fourth-order valence-electron chi connectivity index (χ4n) is 0.134. The minimum Gasteiger partial charge on any atom is -0.392 e. The number of rotatable bonds is 4. The van der Waals surface area contributed by atoms with Crippen LogP contribution in [0, 0.1) is 0 Å². The van der Waals surface area contributed by atoms with E-state index >= 15 is 0 Å². The molecule has 4 N–H and O–H groups in total. The monoisotopic (exact) mass is 213 g/mol. The second-order valence-corrected chi connectivity index (χ2v) is 3.18. The van der Waals surface area contributed by atoms with Crippen LogP contribution in [0.2, 0.25) is 0 Å². The fraction of sp³-hybridized carbons (Fsp3) is 0.667. The van der Waals surface area contributed by atoms with Gasteiger partial charge in [-0.15, -0.1) is 6.58 Å². The van der Waals surface area contributed by atoms with Crippen molar-refractivity contribution in [2.75, 3.05) is 13.2 Å². The average Bonchev–Trinajstić information content (AvgIpc) is 2.00. The van der Waals surface area contributed by atoms with Gasteiger partial charge in [0.25, 0.3) is 0 Å². The molecule has 80 valence electrons. The van der Waals surface area contributed by atoms with Gasteiger partial charge in [-0.25, -0.2) is 4.18 Å². The molecule has 0 aromatic rings. The Morgan fingerprint density at radius 1 is 1.69 bits per heavy atom. The molecule has 0 amide bonds. The number of hydrogen-bond acceptors (Lipinski definition) is 5. The number of nitrogens with two attached hydrogens (primary N) is 1. The van der Waals surface area contributed by atoms with Gasteiger partial charge < -0.3 is 10.8 Å². The maximum Gasteiger partial charge on any atom is 0.397 e. The molecule has 0 aliphatic rings. The highest BCUT2D eigenvalue weighted by Gasteiger charge is 1.99. The molecule has 0 radical (unpaired) electrons. The van der Waals surface area contributed by atoms with Gasteiger partial charge in [-0.3, -0.25) is 4.55 Å². The molecule has 13 heavy (non-hydrogen) atoms. The summed E-state index contributed by atoms with van der Waals surface area (Å²) in [6, 6.07) is 0. The van der Waals surface area contributed by atoms with E-state index in [1.165, 1.54) is 6.08 Å². The summed E-state index contributed by atoms with van der Waals surface area (Å²) in [5.74, 6) is 0. The Morgan fingerprint density at radius 2 is 2.08 bits per heavy atom. The first-order valence-corrected chi connectivity index (χ1v) is 4.80. The number of aliphatic hydroxyl groups is 1. The highest BCUT2D eigenvalue weighted by molar-refractivity contribution is 7.80. The van der Waals surface area contributed by atoms with Crippen LogP contribution in [0.1, 0.15) is 6.92 Å². The minimum absolute atomic E-state index is 0.196. The largest absolute Gasteiger partial charge is 0.397 e. The van der Waals surface area contributed by atoms with Crippen molar-refractivity contribution in [2.24, 2.45) is 5.73 Å². The van der Waals surface area contributed by atoms with Gasteiger partial charge in [-0.05, 0) is 6.92 Å². The van der Waals surface area contributed by atoms with Gasteiger partial charge in [0.1, 0.15) is 0 Å². The molecule has 0 saturated heterocycles. The summed E-state index contributed by atoms with van der Waals surface area (Å²) < 4.78 is 31.0. The van der Waals surface area contributed by atoms with Crippen LogP contribution in [0.4, 0.5) is 0 Å². The Morgan fingerprint density at radius 3 is 2.15 bits per heavy atom. The first-order chi connectivity index (χ1) is 5.83. The third-order valence-corrected chi connectivity index (χ3v) is 1.11. The lowest BCUT2D eigenvalue weighted by Gasteiger charge is -1.91.